The van der Waals surface area contributed by atoms with Crippen LogP contribution in [0.1, 0.15) is 37.6 Å². The number of amides is 1. The fourth-order valence-corrected chi connectivity index (χ4v) is 1.45. The second kappa shape index (κ2) is 6.13. The molecule has 1 rings (SSSR count). The molecule has 0 aliphatic rings. The molecule has 0 atom stereocenters. The lowest BCUT2D eigenvalue weighted by molar-refractivity contribution is 0.0954. The molecule has 0 radical (unpaired) electrons. The molecular weight excluding hydrogens is 219 g/mol. The van der Waals surface area contributed by atoms with E-state index in [1.807, 2.05) is 6.92 Å². The molecule has 0 spiro atoms. The van der Waals surface area contributed by atoms with Gasteiger partial charge in [-0.2, -0.15) is 5.10 Å². The molecule has 0 saturated heterocycles. The molecule has 3 nitrogen and oxygen atoms in total. The molecule has 1 aromatic carbocycles. The van der Waals surface area contributed by atoms with E-state index in [9.17, 15) is 9.18 Å². The van der Waals surface area contributed by atoms with E-state index >= 15 is 0 Å². The lowest BCUT2D eigenvalue weighted by Crippen LogP contribution is -2.19. The van der Waals surface area contributed by atoms with Crippen molar-refractivity contribution in [2.45, 2.75) is 27.2 Å². The first-order valence-electron chi connectivity index (χ1n) is 5.58. The van der Waals surface area contributed by atoms with Crippen molar-refractivity contribution in [2.24, 2.45) is 11.0 Å². The number of carbonyl (C=O) groups is 1. The lowest BCUT2D eigenvalue weighted by Gasteiger charge is -2.04. The number of hydrogen-bond donors (Lipinski definition) is 1. The first-order chi connectivity index (χ1) is 7.99. The predicted molar refractivity (Wildman–Crippen MR) is 66.4 cm³/mol. The normalized spacial score (nSPS) is 11.7. The quantitative estimate of drug-likeness (QED) is 0.633. The largest absolute Gasteiger partial charge is 0.271 e. The fourth-order valence-electron chi connectivity index (χ4n) is 1.45. The average molecular weight is 236 g/mol. The predicted octanol–water partition coefficient (Wildman–Crippen LogP) is 2.98. The van der Waals surface area contributed by atoms with Crippen LogP contribution in [-0.4, -0.2) is 11.6 Å². The number of nitrogens with zero attached hydrogens (tertiary/aromatic N) is 1. The minimum atomic E-state index is -0.360. The highest BCUT2D eigenvalue weighted by atomic mass is 19.1. The van der Waals surface area contributed by atoms with Gasteiger partial charge in [0, 0.05) is 11.3 Å². The van der Waals surface area contributed by atoms with E-state index in [2.05, 4.69) is 24.4 Å². The number of rotatable bonds is 4. The molecule has 0 aliphatic heterocycles. The van der Waals surface area contributed by atoms with Gasteiger partial charge < -0.3 is 0 Å². The molecule has 17 heavy (non-hydrogen) atoms. The molecule has 0 heterocycles. The van der Waals surface area contributed by atoms with Crippen molar-refractivity contribution in [3.63, 3.8) is 0 Å². The molecule has 92 valence electrons. The van der Waals surface area contributed by atoms with Crippen LogP contribution in [0.5, 0.6) is 0 Å². The lowest BCUT2D eigenvalue weighted by atomic mass is 10.1. The van der Waals surface area contributed by atoms with E-state index in [0.717, 1.165) is 12.1 Å². The van der Waals surface area contributed by atoms with Gasteiger partial charge in [-0.15, -0.1) is 0 Å². The zero-order valence-corrected chi connectivity index (χ0v) is 10.3. The topological polar surface area (TPSA) is 41.5 Å². The third-order valence-electron chi connectivity index (χ3n) is 2.16. The van der Waals surface area contributed by atoms with Gasteiger partial charge in [-0.3, -0.25) is 4.79 Å². The van der Waals surface area contributed by atoms with Crippen LogP contribution in [0.3, 0.4) is 0 Å². The van der Waals surface area contributed by atoms with Crippen LogP contribution in [0.4, 0.5) is 4.39 Å². The Morgan fingerprint density at radius 3 is 2.47 bits per heavy atom. The molecular formula is C13H17FN2O. The maximum absolute atomic E-state index is 12.6. The van der Waals surface area contributed by atoms with Crippen LogP contribution in [0.2, 0.25) is 0 Å². The Balaban J connectivity index is 2.58. The average Bonchev–Trinajstić information content (AvgIpc) is 2.26. The van der Waals surface area contributed by atoms with E-state index in [1.54, 1.807) is 0 Å². The van der Waals surface area contributed by atoms with Gasteiger partial charge in [0.15, 0.2) is 0 Å². The van der Waals surface area contributed by atoms with Crippen molar-refractivity contribution in [3.8, 4) is 0 Å². The molecule has 0 unspecified atom stereocenters. The number of hydrazone groups is 1. The van der Waals surface area contributed by atoms with Crippen LogP contribution in [0, 0.1) is 11.7 Å². The van der Waals surface area contributed by atoms with E-state index in [4.69, 9.17) is 0 Å². The number of nitrogens with one attached hydrogen (secondary N) is 1. The Morgan fingerprint density at radius 2 is 1.94 bits per heavy atom. The van der Waals surface area contributed by atoms with Gasteiger partial charge in [-0.1, -0.05) is 13.8 Å². The Labute approximate surface area is 101 Å². The maximum atomic E-state index is 12.6. The summed E-state index contributed by atoms with van der Waals surface area (Å²) in [5.41, 5.74) is 3.72. The summed E-state index contributed by atoms with van der Waals surface area (Å²) in [6, 6.07) is 5.36. The smallest absolute Gasteiger partial charge is 0.267 e. The molecule has 0 aromatic heterocycles. The van der Waals surface area contributed by atoms with E-state index in [-0.39, 0.29) is 11.7 Å². The second-order valence-electron chi connectivity index (χ2n) is 4.39. The number of hydrogen-bond acceptors (Lipinski definition) is 2. The molecule has 1 amide bonds. The summed E-state index contributed by atoms with van der Waals surface area (Å²) in [5.74, 6) is -0.185. The maximum Gasteiger partial charge on any atom is 0.271 e. The highest BCUT2D eigenvalue weighted by Crippen LogP contribution is 2.03. The fraction of sp³-hybridized carbons (Fsp3) is 0.385. The van der Waals surface area contributed by atoms with Crippen molar-refractivity contribution in [3.05, 3.63) is 35.6 Å². The van der Waals surface area contributed by atoms with Gasteiger partial charge in [0.2, 0.25) is 0 Å². The third-order valence-corrected chi connectivity index (χ3v) is 2.16. The van der Waals surface area contributed by atoms with Gasteiger partial charge in [0.25, 0.3) is 5.91 Å². The minimum Gasteiger partial charge on any atom is -0.267 e. The summed E-state index contributed by atoms with van der Waals surface area (Å²) in [6.45, 7) is 6.03. The summed E-state index contributed by atoms with van der Waals surface area (Å²) in [6.07, 6.45) is 0.837. The summed E-state index contributed by atoms with van der Waals surface area (Å²) in [4.78, 5) is 11.6. The van der Waals surface area contributed by atoms with E-state index < -0.39 is 0 Å². The molecule has 0 fully saturated rings. The van der Waals surface area contributed by atoms with Crippen molar-refractivity contribution < 1.29 is 9.18 Å². The van der Waals surface area contributed by atoms with Gasteiger partial charge in [0.1, 0.15) is 5.82 Å². The Morgan fingerprint density at radius 1 is 1.35 bits per heavy atom. The standard InChI is InChI=1S/C13H17FN2O/c1-9(2)8-10(3)15-16-13(17)11-4-6-12(14)7-5-11/h4-7,9H,8H2,1-3H3,(H,16,17)/b15-10+. The Kier molecular flexibility index (Phi) is 4.82. The van der Waals surface area contributed by atoms with Crippen molar-refractivity contribution in [2.75, 3.05) is 0 Å². The van der Waals surface area contributed by atoms with E-state index in [1.165, 1.54) is 24.3 Å². The van der Waals surface area contributed by atoms with Crippen LogP contribution in [-0.2, 0) is 0 Å². The van der Waals surface area contributed by atoms with E-state index in [0.29, 0.717) is 11.5 Å². The van der Waals surface area contributed by atoms with Gasteiger partial charge in [-0.25, -0.2) is 9.82 Å². The molecule has 0 aliphatic carbocycles. The molecule has 1 aromatic rings. The number of carbonyl (C=O) groups excluding carboxylic acids is 1. The highest BCUT2D eigenvalue weighted by molar-refractivity contribution is 5.95. The van der Waals surface area contributed by atoms with Crippen molar-refractivity contribution in [1.82, 2.24) is 5.43 Å². The Bertz CT molecular complexity index is 410. The number of halogens is 1. The third kappa shape index (κ3) is 4.76. The first kappa shape index (κ1) is 13.4. The molecule has 0 saturated carbocycles. The first-order valence-corrected chi connectivity index (χ1v) is 5.58. The molecule has 1 N–H and O–H groups in total. The van der Waals surface area contributed by atoms with Crippen LogP contribution in [0.15, 0.2) is 29.4 Å². The summed E-state index contributed by atoms with van der Waals surface area (Å²) in [5, 5.41) is 3.99. The zero-order valence-electron chi connectivity index (χ0n) is 10.3. The summed E-state index contributed by atoms with van der Waals surface area (Å²) < 4.78 is 12.6. The van der Waals surface area contributed by atoms with Crippen molar-refractivity contribution >= 4 is 11.6 Å². The number of benzene rings is 1. The van der Waals surface area contributed by atoms with Crippen molar-refractivity contribution in [1.29, 1.82) is 0 Å². The monoisotopic (exact) mass is 236 g/mol. The minimum absolute atomic E-state index is 0.326. The SMILES string of the molecule is C/C(CC(C)C)=N\NC(=O)c1ccc(F)cc1. The summed E-state index contributed by atoms with van der Waals surface area (Å²) in [7, 11) is 0. The van der Waals surface area contributed by atoms with Crippen LogP contribution >= 0.6 is 0 Å². The molecule has 4 heteroatoms. The highest BCUT2D eigenvalue weighted by Gasteiger charge is 2.04. The summed E-state index contributed by atoms with van der Waals surface area (Å²) >= 11 is 0. The van der Waals surface area contributed by atoms with Gasteiger partial charge in [-0.05, 0) is 43.5 Å². The Hall–Kier alpha value is -1.71. The van der Waals surface area contributed by atoms with Crippen LogP contribution < -0.4 is 5.43 Å². The van der Waals surface area contributed by atoms with Gasteiger partial charge >= 0.3 is 0 Å². The zero-order chi connectivity index (χ0) is 12.8. The van der Waals surface area contributed by atoms with Gasteiger partial charge in [0.05, 0.1) is 0 Å². The van der Waals surface area contributed by atoms with Crippen LogP contribution in [0.25, 0.3) is 0 Å². The molecule has 0 bridgehead atoms. The second-order valence-corrected chi connectivity index (χ2v) is 4.39.